The minimum absolute atomic E-state index is 0.0248. The maximum Gasteiger partial charge on any atom is 0.326 e. The van der Waals surface area contributed by atoms with Crippen LogP contribution in [-0.4, -0.2) is 69.1 Å². The second kappa shape index (κ2) is 13.1. The normalized spacial score (nSPS) is 14.4. The summed E-state index contributed by atoms with van der Waals surface area (Å²) in [5.74, 6) is -4.90. The fourth-order valence-electron chi connectivity index (χ4n) is 2.85. The number of hydrogen-bond donors (Lipinski definition) is 7. The van der Waals surface area contributed by atoms with Crippen molar-refractivity contribution in [2.45, 2.75) is 64.2 Å². The fraction of sp³-hybridized carbons (Fsp3) is 0.500. The van der Waals surface area contributed by atoms with Crippen LogP contribution in [0, 0.1) is 5.92 Å². The fourth-order valence-corrected chi connectivity index (χ4v) is 2.85. The van der Waals surface area contributed by atoms with Crippen molar-refractivity contribution in [3.63, 3.8) is 0 Å². The summed E-state index contributed by atoms with van der Waals surface area (Å²) in [6.07, 6.45) is -0.758. The van der Waals surface area contributed by atoms with Gasteiger partial charge in [0, 0.05) is 12.8 Å². The number of carbonyl (C=O) groups excluding carboxylic acids is 3. The maximum absolute atomic E-state index is 12.9. The molecule has 0 saturated carbocycles. The zero-order valence-electron chi connectivity index (χ0n) is 19.3. The molecule has 0 saturated heterocycles. The number of carboxylic acid groups (broad SMARTS) is 2. The quantitative estimate of drug-likeness (QED) is 0.191. The first-order chi connectivity index (χ1) is 15.8. The van der Waals surface area contributed by atoms with Crippen LogP contribution >= 0.6 is 0 Å². The first-order valence-electron chi connectivity index (χ1n) is 10.7. The molecule has 1 rings (SSSR count). The smallest absolute Gasteiger partial charge is 0.326 e. The molecule has 188 valence electrons. The number of nitrogens with two attached hydrogens (primary N) is 1. The molecular weight excluding hydrogens is 448 g/mol. The molecule has 1 aromatic carbocycles. The number of amides is 3. The lowest BCUT2D eigenvalue weighted by atomic mass is 10.0. The predicted molar refractivity (Wildman–Crippen MR) is 121 cm³/mol. The van der Waals surface area contributed by atoms with Gasteiger partial charge in [-0.1, -0.05) is 26.0 Å². The van der Waals surface area contributed by atoms with Crippen molar-refractivity contribution in [2.75, 3.05) is 0 Å². The van der Waals surface area contributed by atoms with E-state index in [-0.39, 0.29) is 24.5 Å². The summed E-state index contributed by atoms with van der Waals surface area (Å²) in [6.45, 7) is 4.81. The summed E-state index contributed by atoms with van der Waals surface area (Å²) < 4.78 is 0. The standard InChI is InChI=1S/C22H32N4O8/c1-11(2)18(23)21(32)26-16(10-13-4-6-14(27)7-5-13)20(31)24-12(3)19(30)25-15(22(33)34)8-9-17(28)29/h4-7,11-12,15-16,18,27H,8-10,23H2,1-3H3,(H,24,31)(H,25,30)(H,26,32)(H,28,29)(H,33,34). The lowest BCUT2D eigenvalue weighted by Crippen LogP contribution is -2.57. The molecule has 0 aromatic heterocycles. The Morgan fingerprint density at radius 1 is 0.853 bits per heavy atom. The van der Waals surface area contributed by atoms with E-state index in [0.29, 0.717) is 5.56 Å². The maximum atomic E-state index is 12.9. The monoisotopic (exact) mass is 480 g/mol. The highest BCUT2D eigenvalue weighted by atomic mass is 16.4. The SMILES string of the molecule is CC(NC(=O)C(Cc1ccc(O)cc1)NC(=O)C(N)C(C)C)C(=O)NC(CCC(=O)O)C(=O)O. The van der Waals surface area contributed by atoms with Gasteiger partial charge in [0.1, 0.15) is 23.9 Å². The first kappa shape index (κ1) is 28.4. The van der Waals surface area contributed by atoms with Gasteiger partial charge in [-0.05, 0) is 37.0 Å². The van der Waals surface area contributed by atoms with Gasteiger partial charge in [0.25, 0.3) is 0 Å². The van der Waals surface area contributed by atoms with Crippen molar-refractivity contribution in [1.29, 1.82) is 0 Å². The van der Waals surface area contributed by atoms with Gasteiger partial charge in [-0.25, -0.2) is 4.79 Å². The predicted octanol–water partition coefficient (Wildman–Crippen LogP) is -0.658. The molecule has 0 aliphatic heterocycles. The highest BCUT2D eigenvalue weighted by Gasteiger charge is 2.29. The number of phenolic OH excluding ortho intramolecular Hbond substituents is 1. The Kier molecular flexibility index (Phi) is 11.0. The summed E-state index contributed by atoms with van der Waals surface area (Å²) in [4.78, 5) is 59.8. The third-order valence-corrected chi connectivity index (χ3v) is 5.04. The van der Waals surface area contributed by atoms with Gasteiger partial charge in [0.15, 0.2) is 0 Å². The minimum atomic E-state index is -1.44. The second-order valence-corrected chi connectivity index (χ2v) is 8.26. The topological polar surface area (TPSA) is 208 Å². The lowest BCUT2D eigenvalue weighted by molar-refractivity contribution is -0.143. The van der Waals surface area contributed by atoms with Gasteiger partial charge in [-0.15, -0.1) is 0 Å². The number of benzene rings is 1. The van der Waals surface area contributed by atoms with Gasteiger partial charge in [-0.3, -0.25) is 19.2 Å². The van der Waals surface area contributed by atoms with E-state index in [4.69, 9.17) is 10.8 Å². The van der Waals surface area contributed by atoms with E-state index in [1.807, 2.05) is 0 Å². The average Bonchev–Trinajstić information content (AvgIpc) is 2.76. The molecule has 0 bridgehead atoms. The highest BCUT2D eigenvalue weighted by molar-refractivity contribution is 5.94. The number of rotatable bonds is 13. The van der Waals surface area contributed by atoms with Crippen molar-refractivity contribution < 1.29 is 39.3 Å². The Balaban J connectivity index is 2.92. The summed E-state index contributed by atoms with van der Waals surface area (Å²) >= 11 is 0. The van der Waals surface area contributed by atoms with Crippen LogP contribution in [0.2, 0.25) is 0 Å². The summed E-state index contributed by atoms with van der Waals surface area (Å²) in [6, 6.07) is 1.37. The molecule has 4 atom stereocenters. The largest absolute Gasteiger partial charge is 0.508 e. The molecule has 0 fully saturated rings. The number of carbonyl (C=O) groups is 5. The van der Waals surface area contributed by atoms with E-state index < -0.39 is 60.2 Å². The van der Waals surface area contributed by atoms with Gasteiger partial charge in [-0.2, -0.15) is 0 Å². The van der Waals surface area contributed by atoms with Crippen LogP contribution in [0.4, 0.5) is 0 Å². The number of aliphatic carboxylic acids is 2. The molecule has 1 aromatic rings. The molecule has 8 N–H and O–H groups in total. The van der Waals surface area contributed by atoms with Gasteiger partial charge in [0.2, 0.25) is 17.7 Å². The summed E-state index contributed by atoms with van der Waals surface area (Å²) in [5.41, 5.74) is 6.48. The van der Waals surface area contributed by atoms with Gasteiger partial charge >= 0.3 is 11.9 Å². The molecule has 4 unspecified atom stereocenters. The Labute approximate surface area is 196 Å². The Morgan fingerprint density at radius 3 is 1.91 bits per heavy atom. The number of carboxylic acids is 2. The van der Waals surface area contributed by atoms with E-state index in [0.717, 1.165) is 0 Å². The summed E-state index contributed by atoms with van der Waals surface area (Å²) in [7, 11) is 0. The van der Waals surface area contributed by atoms with E-state index in [1.54, 1.807) is 26.0 Å². The van der Waals surface area contributed by atoms with Crippen LogP contribution in [-0.2, 0) is 30.4 Å². The molecular formula is C22H32N4O8. The highest BCUT2D eigenvalue weighted by Crippen LogP contribution is 2.12. The van der Waals surface area contributed by atoms with Crippen molar-refractivity contribution in [3.05, 3.63) is 29.8 Å². The first-order valence-corrected chi connectivity index (χ1v) is 10.7. The Hall–Kier alpha value is -3.67. The molecule has 0 heterocycles. The zero-order chi connectivity index (χ0) is 26.0. The number of phenols is 1. The van der Waals surface area contributed by atoms with E-state index >= 15 is 0 Å². The van der Waals surface area contributed by atoms with Crippen molar-refractivity contribution >= 4 is 29.7 Å². The van der Waals surface area contributed by atoms with Crippen LogP contribution in [0.1, 0.15) is 39.2 Å². The van der Waals surface area contributed by atoms with Crippen LogP contribution in [0.15, 0.2) is 24.3 Å². The molecule has 3 amide bonds. The van der Waals surface area contributed by atoms with Crippen molar-refractivity contribution in [1.82, 2.24) is 16.0 Å². The zero-order valence-corrected chi connectivity index (χ0v) is 19.3. The number of aromatic hydroxyl groups is 1. The molecule has 0 spiro atoms. The molecule has 12 heteroatoms. The van der Waals surface area contributed by atoms with E-state index in [1.165, 1.54) is 19.1 Å². The number of hydrogen-bond acceptors (Lipinski definition) is 7. The molecule has 0 aliphatic rings. The third-order valence-electron chi connectivity index (χ3n) is 5.04. The molecule has 12 nitrogen and oxygen atoms in total. The van der Waals surface area contributed by atoms with Crippen molar-refractivity contribution in [2.24, 2.45) is 11.7 Å². The van der Waals surface area contributed by atoms with E-state index in [9.17, 15) is 34.2 Å². The van der Waals surface area contributed by atoms with Gasteiger partial charge in [0.05, 0.1) is 6.04 Å². The lowest BCUT2D eigenvalue weighted by Gasteiger charge is -2.24. The summed E-state index contributed by atoms with van der Waals surface area (Å²) in [5, 5.41) is 34.6. The molecule has 0 aliphatic carbocycles. The Morgan fingerprint density at radius 2 is 1.41 bits per heavy atom. The van der Waals surface area contributed by atoms with Gasteiger partial charge < -0.3 is 37.0 Å². The van der Waals surface area contributed by atoms with Crippen molar-refractivity contribution in [3.8, 4) is 5.75 Å². The van der Waals surface area contributed by atoms with Crippen LogP contribution in [0.3, 0.4) is 0 Å². The second-order valence-electron chi connectivity index (χ2n) is 8.26. The molecule has 34 heavy (non-hydrogen) atoms. The third kappa shape index (κ3) is 9.45. The van der Waals surface area contributed by atoms with E-state index in [2.05, 4.69) is 16.0 Å². The average molecular weight is 481 g/mol. The molecule has 0 radical (unpaired) electrons. The van der Waals surface area contributed by atoms with Crippen LogP contribution in [0.25, 0.3) is 0 Å². The Bertz CT molecular complexity index is 887. The minimum Gasteiger partial charge on any atom is -0.508 e. The van der Waals surface area contributed by atoms with Crippen LogP contribution in [0.5, 0.6) is 5.75 Å². The van der Waals surface area contributed by atoms with Crippen LogP contribution < -0.4 is 21.7 Å². The number of nitrogens with one attached hydrogen (secondary N) is 3.